The van der Waals surface area contributed by atoms with E-state index in [1.54, 1.807) is 0 Å². The highest BCUT2D eigenvalue weighted by Crippen LogP contribution is 2.18. The van der Waals surface area contributed by atoms with Crippen molar-refractivity contribution >= 4 is 17.7 Å². The summed E-state index contributed by atoms with van der Waals surface area (Å²) in [6.45, 7) is 3.92. The van der Waals surface area contributed by atoms with Crippen molar-refractivity contribution in [3.63, 3.8) is 0 Å². The SMILES string of the molecule is CCCn1c(SCC(C)(N)C(=O)O)n[nH]c1=O. The molecule has 7 nitrogen and oxygen atoms in total. The first kappa shape index (κ1) is 13.8. The number of hydrogen-bond acceptors (Lipinski definition) is 5. The maximum atomic E-state index is 11.4. The first-order chi connectivity index (χ1) is 7.88. The van der Waals surface area contributed by atoms with E-state index in [1.165, 1.54) is 11.5 Å². The van der Waals surface area contributed by atoms with Gasteiger partial charge in [0.1, 0.15) is 5.54 Å². The Hall–Kier alpha value is -1.28. The van der Waals surface area contributed by atoms with Crippen molar-refractivity contribution in [2.24, 2.45) is 5.73 Å². The van der Waals surface area contributed by atoms with Crippen LogP contribution in [0.4, 0.5) is 0 Å². The van der Waals surface area contributed by atoms with Crippen molar-refractivity contribution in [3.8, 4) is 0 Å². The van der Waals surface area contributed by atoms with E-state index in [4.69, 9.17) is 10.8 Å². The van der Waals surface area contributed by atoms with Crippen LogP contribution in [0.2, 0.25) is 0 Å². The van der Waals surface area contributed by atoms with Gasteiger partial charge in [-0.1, -0.05) is 18.7 Å². The van der Waals surface area contributed by atoms with Crippen LogP contribution in [0.25, 0.3) is 0 Å². The number of nitrogens with zero attached hydrogens (tertiary/aromatic N) is 2. The summed E-state index contributed by atoms with van der Waals surface area (Å²) in [5.41, 5.74) is 3.97. The molecule has 0 bridgehead atoms. The molecule has 0 aliphatic heterocycles. The van der Waals surface area contributed by atoms with Crippen LogP contribution in [-0.4, -0.2) is 37.1 Å². The van der Waals surface area contributed by atoms with Crippen LogP contribution in [0.15, 0.2) is 9.95 Å². The Labute approximate surface area is 102 Å². The van der Waals surface area contributed by atoms with Gasteiger partial charge in [-0.05, 0) is 13.3 Å². The summed E-state index contributed by atoms with van der Waals surface area (Å²) in [5, 5.41) is 15.5. The number of hydrogen-bond donors (Lipinski definition) is 3. The second-order valence-electron chi connectivity index (χ2n) is 3.97. The van der Waals surface area contributed by atoms with E-state index in [0.717, 1.165) is 18.2 Å². The summed E-state index contributed by atoms with van der Waals surface area (Å²) >= 11 is 1.16. The number of thioether (sulfide) groups is 1. The largest absolute Gasteiger partial charge is 0.480 e. The lowest BCUT2D eigenvalue weighted by Crippen LogP contribution is -2.47. The minimum Gasteiger partial charge on any atom is -0.480 e. The second kappa shape index (κ2) is 5.37. The van der Waals surface area contributed by atoms with Gasteiger partial charge in [0.2, 0.25) is 0 Å². The molecule has 0 spiro atoms. The molecule has 0 amide bonds. The molecule has 1 aromatic rings. The van der Waals surface area contributed by atoms with Gasteiger partial charge in [-0.3, -0.25) is 9.36 Å². The molecule has 1 atom stereocenters. The van der Waals surface area contributed by atoms with Crippen molar-refractivity contribution in [3.05, 3.63) is 10.5 Å². The van der Waals surface area contributed by atoms with Crippen molar-refractivity contribution in [2.45, 2.75) is 37.5 Å². The Morgan fingerprint density at radius 3 is 2.88 bits per heavy atom. The molecule has 17 heavy (non-hydrogen) atoms. The topological polar surface area (TPSA) is 114 Å². The zero-order valence-electron chi connectivity index (χ0n) is 9.77. The molecule has 96 valence electrons. The lowest BCUT2D eigenvalue weighted by Gasteiger charge is -2.17. The molecule has 8 heteroatoms. The molecule has 1 unspecified atom stereocenters. The normalized spacial score (nSPS) is 14.5. The first-order valence-electron chi connectivity index (χ1n) is 5.18. The molecule has 0 aliphatic carbocycles. The quantitative estimate of drug-likeness (QED) is 0.614. The number of carboxylic acids is 1. The molecule has 1 rings (SSSR count). The monoisotopic (exact) mass is 260 g/mol. The summed E-state index contributed by atoms with van der Waals surface area (Å²) in [7, 11) is 0. The number of aromatic amines is 1. The van der Waals surface area contributed by atoms with Crippen LogP contribution in [0.5, 0.6) is 0 Å². The molecule has 0 radical (unpaired) electrons. The van der Waals surface area contributed by atoms with E-state index in [1.807, 2.05) is 6.92 Å². The molecule has 1 aromatic heterocycles. The predicted octanol–water partition coefficient (Wildman–Crippen LogP) is -0.124. The summed E-state index contributed by atoms with van der Waals surface area (Å²) in [6.07, 6.45) is 0.797. The van der Waals surface area contributed by atoms with Crippen LogP contribution in [0.3, 0.4) is 0 Å². The van der Waals surface area contributed by atoms with Gasteiger partial charge in [0.05, 0.1) is 0 Å². The van der Waals surface area contributed by atoms with Gasteiger partial charge in [-0.25, -0.2) is 9.89 Å². The standard InChI is InChI=1S/C9H16N4O3S/c1-3-4-13-7(16)11-12-8(13)17-5-9(2,10)6(14)15/h3-5,10H2,1-2H3,(H,11,16)(H,14,15). The lowest BCUT2D eigenvalue weighted by molar-refractivity contribution is -0.141. The number of nitrogens with one attached hydrogen (secondary N) is 1. The van der Waals surface area contributed by atoms with Crippen LogP contribution < -0.4 is 11.4 Å². The van der Waals surface area contributed by atoms with Gasteiger partial charge in [-0.15, -0.1) is 5.10 Å². The zero-order valence-corrected chi connectivity index (χ0v) is 10.6. The number of carboxylic acid groups (broad SMARTS) is 1. The zero-order chi connectivity index (χ0) is 13.1. The third kappa shape index (κ3) is 3.34. The Morgan fingerprint density at radius 1 is 1.71 bits per heavy atom. The lowest BCUT2D eigenvalue weighted by atomic mass is 10.1. The van der Waals surface area contributed by atoms with Crippen LogP contribution in [0, 0.1) is 0 Å². The molecular formula is C9H16N4O3S. The van der Waals surface area contributed by atoms with Crippen molar-refractivity contribution in [2.75, 3.05) is 5.75 Å². The Kier molecular flexibility index (Phi) is 4.35. The molecule has 0 saturated heterocycles. The number of aromatic nitrogens is 3. The molecule has 0 aromatic carbocycles. The first-order valence-corrected chi connectivity index (χ1v) is 6.17. The Bertz CT molecular complexity index is 451. The summed E-state index contributed by atoms with van der Waals surface area (Å²) in [5.74, 6) is -0.930. The highest BCUT2D eigenvalue weighted by molar-refractivity contribution is 7.99. The average Bonchev–Trinajstić information content (AvgIpc) is 2.58. The third-order valence-electron chi connectivity index (χ3n) is 2.16. The summed E-state index contributed by atoms with van der Waals surface area (Å²) in [6, 6.07) is 0. The van der Waals surface area contributed by atoms with Gasteiger partial charge in [-0.2, -0.15) is 0 Å². The van der Waals surface area contributed by atoms with Gasteiger partial charge >= 0.3 is 11.7 Å². The number of nitrogens with two attached hydrogens (primary N) is 1. The second-order valence-corrected chi connectivity index (χ2v) is 4.92. The third-order valence-corrected chi connectivity index (χ3v) is 3.47. The Balaban J connectivity index is 2.76. The molecule has 4 N–H and O–H groups in total. The van der Waals surface area contributed by atoms with E-state index >= 15 is 0 Å². The minimum atomic E-state index is -1.34. The van der Waals surface area contributed by atoms with Gasteiger partial charge in [0, 0.05) is 12.3 Å². The molecule has 0 fully saturated rings. The predicted molar refractivity (Wildman–Crippen MR) is 64.1 cm³/mol. The maximum absolute atomic E-state index is 11.4. The highest BCUT2D eigenvalue weighted by Gasteiger charge is 2.28. The molecule has 1 heterocycles. The van der Waals surface area contributed by atoms with Gasteiger partial charge in [0.15, 0.2) is 5.16 Å². The van der Waals surface area contributed by atoms with Crippen molar-refractivity contribution < 1.29 is 9.90 Å². The molecular weight excluding hydrogens is 244 g/mol. The number of rotatable bonds is 6. The van der Waals surface area contributed by atoms with E-state index in [9.17, 15) is 9.59 Å². The van der Waals surface area contributed by atoms with E-state index in [-0.39, 0.29) is 11.4 Å². The fourth-order valence-electron chi connectivity index (χ4n) is 1.11. The highest BCUT2D eigenvalue weighted by atomic mass is 32.2. The molecule has 0 saturated carbocycles. The fraction of sp³-hybridized carbons (Fsp3) is 0.667. The van der Waals surface area contributed by atoms with Crippen molar-refractivity contribution in [1.82, 2.24) is 14.8 Å². The van der Waals surface area contributed by atoms with E-state index < -0.39 is 11.5 Å². The summed E-state index contributed by atoms with van der Waals surface area (Å²) < 4.78 is 1.47. The minimum absolute atomic E-state index is 0.149. The van der Waals surface area contributed by atoms with Crippen LogP contribution in [-0.2, 0) is 11.3 Å². The van der Waals surface area contributed by atoms with E-state index in [2.05, 4.69) is 10.2 Å². The smallest absolute Gasteiger partial charge is 0.343 e. The number of aliphatic carboxylic acids is 1. The van der Waals surface area contributed by atoms with Crippen LogP contribution >= 0.6 is 11.8 Å². The van der Waals surface area contributed by atoms with Gasteiger partial charge < -0.3 is 10.8 Å². The maximum Gasteiger partial charge on any atom is 0.343 e. The average molecular weight is 260 g/mol. The van der Waals surface area contributed by atoms with Crippen molar-refractivity contribution in [1.29, 1.82) is 0 Å². The summed E-state index contributed by atoms with van der Waals surface area (Å²) in [4.78, 5) is 22.2. The number of carbonyl (C=O) groups is 1. The van der Waals surface area contributed by atoms with Gasteiger partial charge in [0.25, 0.3) is 0 Å². The number of H-pyrrole nitrogens is 1. The fourth-order valence-corrected chi connectivity index (χ4v) is 2.10. The van der Waals surface area contributed by atoms with Crippen LogP contribution in [0.1, 0.15) is 20.3 Å². The van der Waals surface area contributed by atoms with E-state index in [0.29, 0.717) is 11.7 Å². The molecule has 0 aliphatic rings. The Morgan fingerprint density at radius 2 is 2.35 bits per heavy atom.